The molecule has 4 nitrogen and oxygen atoms in total. The van der Waals surface area contributed by atoms with Crippen LogP contribution in [0.3, 0.4) is 0 Å². The third kappa shape index (κ3) is 3.69. The van der Waals surface area contributed by atoms with Gasteiger partial charge in [0.25, 0.3) is 0 Å². The van der Waals surface area contributed by atoms with Gasteiger partial charge in [0.15, 0.2) is 0 Å². The number of carbonyl (C=O) groups is 1. The molecular weight excluding hydrogens is 226 g/mol. The van der Waals surface area contributed by atoms with Crippen molar-refractivity contribution >= 4 is 5.91 Å². The van der Waals surface area contributed by atoms with Gasteiger partial charge in [0, 0.05) is 31.6 Å². The van der Waals surface area contributed by atoms with Crippen LogP contribution < -0.4 is 5.73 Å². The molecule has 0 saturated carbocycles. The highest BCUT2D eigenvalue weighted by molar-refractivity contribution is 5.76. The Labute approximate surface area is 110 Å². The molecule has 2 unspecified atom stereocenters. The smallest absolute Gasteiger partial charge is 0.222 e. The van der Waals surface area contributed by atoms with Gasteiger partial charge < -0.3 is 10.6 Å². The maximum Gasteiger partial charge on any atom is 0.222 e. The van der Waals surface area contributed by atoms with E-state index in [0.29, 0.717) is 18.4 Å². The molecule has 0 spiro atoms. The standard InChI is InChI=1S/C14H27N3O/c1-12(15)6-7-14(18)17-10-4-5-13(11-17)16-8-2-3-9-16/h12-13H,2-11,15H2,1H3. The monoisotopic (exact) mass is 253 g/mol. The molecule has 2 saturated heterocycles. The summed E-state index contributed by atoms with van der Waals surface area (Å²) in [6.45, 7) is 6.31. The topological polar surface area (TPSA) is 49.6 Å². The van der Waals surface area contributed by atoms with Crippen LogP contribution in [0.25, 0.3) is 0 Å². The summed E-state index contributed by atoms with van der Waals surface area (Å²) in [5, 5.41) is 0. The van der Waals surface area contributed by atoms with Gasteiger partial charge in [0.2, 0.25) is 5.91 Å². The van der Waals surface area contributed by atoms with Crippen LogP contribution in [-0.4, -0.2) is 54.0 Å². The SMILES string of the molecule is CC(N)CCC(=O)N1CCCC(N2CCCC2)C1. The first-order valence-electron chi connectivity index (χ1n) is 7.44. The lowest BCUT2D eigenvalue weighted by molar-refractivity contribution is -0.133. The van der Waals surface area contributed by atoms with Crippen molar-refractivity contribution in [3.05, 3.63) is 0 Å². The van der Waals surface area contributed by atoms with Crippen LogP contribution >= 0.6 is 0 Å². The van der Waals surface area contributed by atoms with Crippen molar-refractivity contribution in [3.63, 3.8) is 0 Å². The zero-order chi connectivity index (χ0) is 13.0. The summed E-state index contributed by atoms with van der Waals surface area (Å²) in [6.07, 6.45) is 6.50. The fraction of sp³-hybridized carbons (Fsp3) is 0.929. The van der Waals surface area contributed by atoms with Gasteiger partial charge in [0.1, 0.15) is 0 Å². The first-order chi connectivity index (χ1) is 8.66. The Balaban J connectivity index is 1.80. The third-order valence-electron chi connectivity index (χ3n) is 4.22. The Kier molecular flexibility index (Phi) is 5.01. The van der Waals surface area contributed by atoms with Crippen LogP contribution in [0.4, 0.5) is 0 Å². The summed E-state index contributed by atoms with van der Waals surface area (Å²) in [5.74, 6) is 0.302. The first kappa shape index (κ1) is 13.8. The van der Waals surface area contributed by atoms with E-state index >= 15 is 0 Å². The van der Waals surface area contributed by atoms with Crippen molar-refractivity contribution in [2.45, 2.75) is 57.5 Å². The fourth-order valence-electron chi connectivity index (χ4n) is 3.10. The van der Waals surface area contributed by atoms with E-state index in [-0.39, 0.29) is 6.04 Å². The number of rotatable bonds is 4. The van der Waals surface area contributed by atoms with E-state index in [1.807, 2.05) is 6.92 Å². The van der Waals surface area contributed by atoms with Crippen LogP contribution in [0.2, 0.25) is 0 Å². The second-order valence-corrected chi connectivity index (χ2v) is 5.89. The molecule has 2 N–H and O–H groups in total. The zero-order valence-corrected chi connectivity index (χ0v) is 11.6. The summed E-state index contributed by atoms with van der Waals surface area (Å²) >= 11 is 0. The molecule has 0 aromatic carbocycles. The largest absolute Gasteiger partial charge is 0.341 e. The van der Waals surface area contributed by atoms with E-state index in [1.54, 1.807) is 0 Å². The Morgan fingerprint density at radius 2 is 2.00 bits per heavy atom. The summed E-state index contributed by atoms with van der Waals surface area (Å²) in [4.78, 5) is 16.8. The van der Waals surface area contributed by atoms with E-state index in [4.69, 9.17) is 5.73 Å². The normalized spacial score (nSPS) is 27.4. The van der Waals surface area contributed by atoms with Crippen LogP contribution in [0.1, 0.15) is 45.4 Å². The molecule has 0 aromatic heterocycles. The lowest BCUT2D eigenvalue weighted by atomic mass is 10.0. The van der Waals surface area contributed by atoms with Crippen molar-refractivity contribution in [3.8, 4) is 0 Å². The highest BCUT2D eigenvalue weighted by Crippen LogP contribution is 2.21. The third-order valence-corrected chi connectivity index (χ3v) is 4.22. The Morgan fingerprint density at radius 3 is 2.67 bits per heavy atom. The molecule has 0 radical (unpaired) electrons. The molecular formula is C14H27N3O. The zero-order valence-electron chi connectivity index (χ0n) is 11.6. The van der Waals surface area contributed by atoms with Gasteiger partial charge in [-0.1, -0.05) is 0 Å². The van der Waals surface area contributed by atoms with Crippen molar-refractivity contribution < 1.29 is 4.79 Å². The molecule has 2 aliphatic heterocycles. The summed E-state index contributed by atoms with van der Waals surface area (Å²) in [7, 11) is 0. The lowest BCUT2D eigenvalue weighted by Crippen LogP contribution is -2.49. The van der Waals surface area contributed by atoms with Gasteiger partial charge in [-0.2, -0.15) is 0 Å². The number of nitrogens with zero attached hydrogens (tertiary/aromatic N) is 2. The van der Waals surface area contributed by atoms with Crippen molar-refractivity contribution in [1.82, 2.24) is 9.80 Å². The highest BCUT2D eigenvalue weighted by atomic mass is 16.2. The molecule has 2 rings (SSSR count). The number of nitrogens with two attached hydrogens (primary N) is 1. The van der Waals surface area contributed by atoms with Gasteiger partial charge in [-0.3, -0.25) is 9.69 Å². The molecule has 0 bridgehead atoms. The number of likely N-dealkylation sites (tertiary alicyclic amines) is 2. The van der Waals surface area contributed by atoms with Crippen molar-refractivity contribution in [1.29, 1.82) is 0 Å². The summed E-state index contributed by atoms with van der Waals surface area (Å²) in [5.41, 5.74) is 5.72. The molecule has 104 valence electrons. The Bertz CT molecular complexity index is 274. The Morgan fingerprint density at radius 1 is 1.28 bits per heavy atom. The van der Waals surface area contributed by atoms with E-state index in [1.165, 1.54) is 32.4 Å². The number of carbonyl (C=O) groups excluding carboxylic acids is 1. The molecule has 2 heterocycles. The van der Waals surface area contributed by atoms with Gasteiger partial charge >= 0.3 is 0 Å². The number of amides is 1. The molecule has 2 aliphatic rings. The maximum absolute atomic E-state index is 12.1. The second kappa shape index (κ2) is 6.53. The molecule has 1 amide bonds. The average Bonchev–Trinajstić information content (AvgIpc) is 2.90. The van der Waals surface area contributed by atoms with E-state index in [9.17, 15) is 4.79 Å². The van der Waals surface area contributed by atoms with Gasteiger partial charge in [0.05, 0.1) is 0 Å². The predicted molar refractivity (Wildman–Crippen MR) is 73.3 cm³/mol. The second-order valence-electron chi connectivity index (χ2n) is 5.89. The van der Waals surface area contributed by atoms with Gasteiger partial charge in [-0.15, -0.1) is 0 Å². The van der Waals surface area contributed by atoms with Crippen molar-refractivity contribution in [2.24, 2.45) is 5.73 Å². The molecule has 2 fully saturated rings. The van der Waals surface area contributed by atoms with Crippen LogP contribution in [0, 0.1) is 0 Å². The number of hydrogen-bond acceptors (Lipinski definition) is 3. The van der Waals surface area contributed by atoms with Crippen LogP contribution in [-0.2, 0) is 4.79 Å². The Hall–Kier alpha value is -0.610. The molecule has 0 aliphatic carbocycles. The van der Waals surface area contributed by atoms with Crippen LogP contribution in [0.5, 0.6) is 0 Å². The molecule has 18 heavy (non-hydrogen) atoms. The quantitative estimate of drug-likeness (QED) is 0.819. The van der Waals surface area contributed by atoms with Crippen molar-refractivity contribution in [2.75, 3.05) is 26.2 Å². The van der Waals surface area contributed by atoms with E-state index in [0.717, 1.165) is 25.9 Å². The number of piperidine rings is 1. The van der Waals surface area contributed by atoms with Crippen LogP contribution in [0.15, 0.2) is 0 Å². The lowest BCUT2D eigenvalue weighted by Gasteiger charge is -2.37. The molecule has 0 aromatic rings. The molecule has 2 atom stereocenters. The van der Waals surface area contributed by atoms with Gasteiger partial charge in [-0.25, -0.2) is 0 Å². The fourth-order valence-corrected chi connectivity index (χ4v) is 3.10. The maximum atomic E-state index is 12.1. The highest BCUT2D eigenvalue weighted by Gasteiger charge is 2.28. The minimum Gasteiger partial charge on any atom is -0.341 e. The summed E-state index contributed by atoms with van der Waals surface area (Å²) < 4.78 is 0. The average molecular weight is 253 g/mol. The minimum atomic E-state index is 0.133. The number of hydrogen-bond donors (Lipinski definition) is 1. The van der Waals surface area contributed by atoms with E-state index < -0.39 is 0 Å². The first-order valence-corrected chi connectivity index (χ1v) is 7.44. The molecule has 4 heteroatoms. The summed E-state index contributed by atoms with van der Waals surface area (Å²) in [6, 6.07) is 0.744. The van der Waals surface area contributed by atoms with E-state index in [2.05, 4.69) is 9.80 Å². The predicted octanol–water partition coefficient (Wildman–Crippen LogP) is 1.20. The van der Waals surface area contributed by atoms with Gasteiger partial charge in [-0.05, 0) is 52.1 Å². The minimum absolute atomic E-state index is 0.133.